The molecule has 1 aromatic rings. The molecule has 2 heterocycles. The van der Waals surface area contributed by atoms with E-state index >= 15 is 0 Å². The molecule has 1 aliphatic rings. The molecule has 0 unspecified atom stereocenters. The Labute approximate surface area is 106 Å². The Balaban J connectivity index is 2.08. The van der Waals surface area contributed by atoms with E-state index in [2.05, 4.69) is 25.8 Å². The molecule has 0 amide bonds. The topological polar surface area (TPSA) is 76.0 Å². The third-order valence-corrected chi connectivity index (χ3v) is 3.10. The number of anilines is 1. The van der Waals surface area contributed by atoms with Gasteiger partial charge in [-0.3, -0.25) is 9.69 Å². The van der Waals surface area contributed by atoms with E-state index < -0.39 is 0 Å². The van der Waals surface area contributed by atoms with Crippen molar-refractivity contribution in [3.05, 3.63) is 22.2 Å². The summed E-state index contributed by atoms with van der Waals surface area (Å²) >= 11 is 0. The lowest BCUT2D eigenvalue weighted by atomic mass is 10.3. The summed E-state index contributed by atoms with van der Waals surface area (Å²) in [5.74, 6) is 1.46. The predicted molar refractivity (Wildman–Crippen MR) is 68.5 cm³/mol. The highest BCUT2D eigenvalue weighted by atomic mass is 16.1. The van der Waals surface area contributed by atoms with Crippen molar-refractivity contribution in [2.24, 2.45) is 0 Å². The molecular formula is C12H17N5O. The first-order valence-corrected chi connectivity index (χ1v) is 6.17. The lowest BCUT2D eigenvalue weighted by Gasteiger charge is -2.34. The molecule has 6 heteroatoms. The first kappa shape index (κ1) is 12.6. The summed E-state index contributed by atoms with van der Waals surface area (Å²) in [7, 11) is 0. The molecule has 96 valence electrons. The van der Waals surface area contributed by atoms with Gasteiger partial charge in [0.05, 0.1) is 12.6 Å². The smallest absolute Gasteiger partial charge is 0.252 e. The second kappa shape index (κ2) is 5.65. The molecule has 18 heavy (non-hydrogen) atoms. The van der Waals surface area contributed by atoms with E-state index in [9.17, 15) is 4.79 Å². The quantitative estimate of drug-likeness (QED) is 0.760. The van der Waals surface area contributed by atoms with Crippen molar-refractivity contribution in [1.29, 1.82) is 5.26 Å². The van der Waals surface area contributed by atoms with Gasteiger partial charge in [-0.15, -0.1) is 0 Å². The number of piperazine rings is 1. The Morgan fingerprint density at radius 2 is 2.17 bits per heavy atom. The van der Waals surface area contributed by atoms with Gasteiger partial charge in [-0.25, -0.2) is 4.98 Å². The van der Waals surface area contributed by atoms with Crippen LogP contribution in [0.3, 0.4) is 0 Å². The van der Waals surface area contributed by atoms with E-state index in [0.29, 0.717) is 6.54 Å². The van der Waals surface area contributed by atoms with Crippen LogP contribution in [0.1, 0.15) is 12.7 Å². The molecule has 1 saturated heterocycles. The Hall–Kier alpha value is -1.87. The van der Waals surface area contributed by atoms with Gasteiger partial charge in [0.15, 0.2) is 0 Å². The van der Waals surface area contributed by atoms with Gasteiger partial charge >= 0.3 is 0 Å². The van der Waals surface area contributed by atoms with E-state index in [1.165, 1.54) is 0 Å². The molecule has 1 N–H and O–H groups in total. The van der Waals surface area contributed by atoms with Crippen LogP contribution in [0.5, 0.6) is 0 Å². The molecule has 0 atom stereocenters. The maximum absolute atomic E-state index is 11.5. The Kier molecular flexibility index (Phi) is 3.95. The number of hydrogen-bond acceptors (Lipinski definition) is 5. The number of nitriles is 1. The van der Waals surface area contributed by atoms with Crippen LogP contribution in [0.15, 0.2) is 10.9 Å². The number of aromatic nitrogens is 2. The summed E-state index contributed by atoms with van der Waals surface area (Å²) in [4.78, 5) is 22.9. The van der Waals surface area contributed by atoms with Crippen LogP contribution in [-0.2, 0) is 6.42 Å². The molecule has 0 saturated carbocycles. The van der Waals surface area contributed by atoms with Crippen LogP contribution >= 0.6 is 0 Å². The van der Waals surface area contributed by atoms with Gasteiger partial charge in [0.1, 0.15) is 11.6 Å². The zero-order valence-corrected chi connectivity index (χ0v) is 10.5. The van der Waals surface area contributed by atoms with Gasteiger partial charge in [0.25, 0.3) is 5.56 Å². The number of aryl methyl sites for hydroxylation is 1. The molecule has 1 aliphatic heterocycles. The van der Waals surface area contributed by atoms with Crippen molar-refractivity contribution in [3.63, 3.8) is 0 Å². The van der Waals surface area contributed by atoms with Crippen molar-refractivity contribution in [2.75, 3.05) is 37.6 Å². The van der Waals surface area contributed by atoms with Crippen LogP contribution in [0, 0.1) is 11.3 Å². The van der Waals surface area contributed by atoms with Gasteiger partial charge < -0.3 is 9.88 Å². The molecule has 0 spiro atoms. The highest BCUT2D eigenvalue weighted by Crippen LogP contribution is 2.11. The standard InChI is InChI=1S/C12H17N5O/c1-2-10-14-11(9-12(18)15-10)17-7-5-16(4-3-13)6-8-17/h9H,2,4-8H2,1H3,(H,14,15,18). The fraction of sp³-hybridized carbons (Fsp3) is 0.583. The third kappa shape index (κ3) is 2.87. The largest absolute Gasteiger partial charge is 0.354 e. The predicted octanol–water partition coefficient (Wildman–Crippen LogP) is -0.0221. The number of nitrogens with zero attached hydrogens (tertiary/aromatic N) is 4. The van der Waals surface area contributed by atoms with E-state index in [1.54, 1.807) is 6.07 Å². The molecule has 6 nitrogen and oxygen atoms in total. The molecular weight excluding hydrogens is 230 g/mol. The third-order valence-electron chi connectivity index (χ3n) is 3.10. The average molecular weight is 247 g/mol. The molecule has 1 fully saturated rings. The van der Waals surface area contributed by atoms with E-state index in [-0.39, 0.29) is 5.56 Å². The van der Waals surface area contributed by atoms with Gasteiger partial charge in [-0.05, 0) is 0 Å². The molecule has 0 radical (unpaired) electrons. The first-order chi connectivity index (χ1) is 8.72. The first-order valence-electron chi connectivity index (χ1n) is 6.17. The number of nitrogens with one attached hydrogen (secondary N) is 1. The van der Waals surface area contributed by atoms with Gasteiger partial charge in [0.2, 0.25) is 0 Å². The lowest BCUT2D eigenvalue weighted by molar-refractivity contribution is 0.286. The highest BCUT2D eigenvalue weighted by molar-refractivity contribution is 5.38. The zero-order valence-electron chi connectivity index (χ0n) is 10.5. The number of H-pyrrole nitrogens is 1. The summed E-state index contributed by atoms with van der Waals surface area (Å²) in [6.45, 7) is 5.72. The van der Waals surface area contributed by atoms with Crippen LogP contribution in [0.4, 0.5) is 5.82 Å². The Morgan fingerprint density at radius 3 is 2.78 bits per heavy atom. The summed E-state index contributed by atoms with van der Waals surface area (Å²) in [6.07, 6.45) is 0.720. The second-order valence-electron chi connectivity index (χ2n) is 4.33. The van der Waals surface area contributed by atoms with Crippen LogP contribution < -0.4 is 10.5 Å². The molecule has 0 aromatic carbocycles. The van der Waals surface area contributed by atoms with Crippen molar-refractivity contribution in [2.45, 2.75) is 13.3 Å². The van der Waals surface area contributed by atoms with Crippen LogP contribution in [0.2, 0.25) is 0 Å². The van der Waals surface area contributed by atoms with E-state index in [0.717, 1.165) is 44.2 Å². The van der Waals surface area contributed by atoms with E-state index in [1.807, 2.05) is 6.92 Å². The van der Waals surface area contributed by atoms with Gasteiger partial charge in [-0.1, -0.05) is 6.92 Å². The summed E-state index contributed by atoms with van der Waals surface area (Å²) in [6, 6.07) is 3.70. The fourth-order valence-corrected chi connectivity index (χ4v) is 2.06. The van der Waals surface area contributed by atoms with Crippen molar-refractivity contribution >= 4 is 5.82 Å². The summed E-state index contributed by atoms with van der Waals surface area (Å²) in [5.41, 5.74) is -0.101. The minimum absolute atomic E-state index is 0.101. The number of hydrogen-bond donors (Lipinski definition) is 1. The summed E-state index contributed by atoms with van der Waals surface area (Å²) in [5, 5.41) is 8.64. The molecule has 0 aliphatic carbocycles. The molecule has 2 rings (SSSR count). The average Bonchev–Trinajstić information content (AvgIpc) is 2.39. The SMILES string of the molecule is CCc1nc(N2CCN(CC#N)CC2)cc(=O)[nH]1. The van der Waals surface area contributed by atoms with Crippen LogP contribution in [0.25, 0.3) is 0 Å². The monoisotopic (exact) mass is 247 g/mol. The highest BCUT2D eigenvalue weighted by Gasteiger charge is 2.18. The number of aromatic amines is 1. The lowest BCUT2D eigenvalue weighted by Crippen LogP contribution is -2.47. The minimum atomic E-state index is -0.101. The van der Waals surface area contributed by atoms with Crippen molar-refractivity contribution in [1.82, 2.24) is 14.9 Å². The Bertz CT molecular complexity index is 496. The second-order valence-corrected chi connectivity index (χ2v) is 4.33. The fourth-order valence-electron chi connectivity index (χ4n) is 2.06. The zero-order chi connectivity index (χ0) is 13.0. The van der Waals surface area contributed by atoms with Crippen LogP contribution in [-0.4, -0.2) is 47.6 Å². The van der Waals surface area contributed by atoms with Crippen molar-refractivity contribution < 1.29 is 0 Å². The molecule has 0 bridgehead atoms. The van der Waals surface area contributed by atoms with Gasteiger partial charge in [0, 0.05) is 38.7 Å². The minimum Gasteiger partial charge on any atom is -0.354 e. The maximum atomic E-state index is 11.5. The van der Waals surface area contributed by atoms with Gasteiger partial charge in [-0.2, -0.15) is 5.26 Å². The van der Waals surface area contributed by atoms with Crippen molar-refractivity contribution in [3.8, 4) is 6.07 Å². The number of rotatable bonds is 3. The summed E-state index contributed by atoms with van der Waals surface area (Å²) < 4.78 is 0. The maximum Gasteiger partial charge on any atom is 0.252 e. The van der Waals surface area contributed by atoms with E-state index in [4.69, 9.17) is 5.26 Å². The normalized spacial score (nSPS) is 16.6. The Morgan fingerprint density at radius 1 is 1.44 bits per heavy atom. The molecule has 1 aromatic heterocycles.